The Kier molecular flexibility index (Phi) is 24.5. The third-order valence-corrected chi connectivity index (χ3v) is 5.79. The average molecular weight is 569 g/mol. The largest absolute Gasteiger partial charge is 0.469 e. The first-order valence-electron chi connectivity index (χ1n) is 14.1. The zero-order valence-corrected chi connectivity index (χ0v) is 24.6. The van der Waals surface area contributed by atoms with E-state index in [9.17, 15) is 14.2 Å². The maximum Gasteiger partial charge on any atom is 0.469 e. The van der Waals surface area contributed by atoms with E-state index in [1.165, 1.54) is 0 Å². The van der Waals surface area contributed by atoms with Crippen LogP contribution in [0, 0.1) is 0 Å². The summed E-state index contributed by atoms with van der Waals surface area (Å²) in [6.45, 7) is 3.21. The summed E-state index contributed by atoms with van der Waals surface area (Å²) in [5.41, 5.74) is 0. The van der Waals surface area contributed by atoms with Crippen molar-refractivity contribution in [2.45, 2.75) is 103 Å². The quantitative estimate of drug-likeness (QED) is 0.0533. The third kappa shape index (κ3) is 28.6. The molecule has 0 heterocycles. The fraction of sp³-hybridized carbons (Fsp3) is 0.600. The SMILES string of the molecule is CC/C=C\C/C=C\C/C=C\C/C=C\C/C=C\CCCCCC(=O)OC(COC(=O)CCCC)COP(=O)(O)O. The molecule has 0 saturated carbocycles. The van der Waals surface area contributed by atoms with Crippen LogP contribution in [0.4, 0.5) is 0 Å². The predicted molar refractivity (Wildman–Crippen MR) is 156 cm³/mol. The van der Waals surface area contributed by atoms with Crippen molar-refractivity contribution < 1.29 is 37.9 Å². The first-order valence-corrected chi connectivity index (χ1v) is 15.6. The van der Waals surface area contributed by atoms with Gasteiger partial charge in [0.15, 0.2) is 6.10 Å². The van der Waals surface area contributed by atoms with Crippen LogP contribution < -0.4 is 0 Å². The summed E-state index contributed by atoms with van der Waals surface area (Å²) < 4.78 is 25.7. The van der Waals surface area contributed by atoms with Crippen LogP contribution in [0.2, 0.25) is 0 Å². The van der Waals surface area contributed by atoms with Crippen molar-refractivity contribution in [3.05, 3.63) is 60.8 Å². The number of ether oxygens (including phenoxy) is 2. The van der Waals surface area contributed by atoms with E-state index in [-0.39, 0.29) is 19.4 Å². The van der Waals surface area contributed by atoms with Crippen molar-refractivity contribution in [1.29, 1.82) is 0 Å². The second-order valence-corrected chi connectivity index (χ2v) is 10.2. The minimum atomic E-state index is -4.73. The summed E-state index contributed by atoms with van der Waals surface area (Å²) in [4.78, 5) is 41.6. The number of phosphoric ester groups is 1. The molecule has 0 aliphatic heterocycles. The molecule has 39 heavy (non-hydrogen) atoms. The van der Waals surface area contributed by atoms with Gasteiger partial charge in [-0.3, -0.25) is 14.1 Å². The van der Waals surface area contributed by atoms with Crippen LogP contribution in [-0.2, 0) is 28.2 Å². The molecule has 8 nitrogen and oxygen atoms in total. The van der Waals surface area contributed by atoms with Crippen LogP contribution in [0.5, 0.6) is 0 Å². The van der Waals surface area contributed by atoms with Gasteiger partial charge >= 0.3 is 19.8 Å². The number of hydrogen-bond donors (Lipinski definition) is 2. The Bertz CT molecular complexity index is 823. The Morgan fingerprint density at radius 2 is 1.23 bits per heavy atom. The van der Waals surface area contributed by atoms with E-state index >= 15 is 0 Å². The molecule has 0 aromatic heterocycles. The van der Waals surface area contributed by atoms with Gasteiger partial charge in [-0.15, -0.1) is 0 Å². The van der Waals surface area contributed by atoms with E-state index in [2.05, 4.69) is 72.2 Å². The first kappa shape index (κ1) is 36.8. The van der Waals surface area contributed by atoms with E-state index in [0.29, 0.717) is 12.8 Å². The molecule has 2 N–H and O–H groups in total. The lowest BCUT2D eigenvalue weighted by atomic mass is 10.1. The van der Waals surface area contributed by atoms with E-state index in [1.807, 2.05) is 6.92 Å². The highest BCUT2D eigenvalue weighted by Gasteiger charge is 2.22. The number of hydrogen-bond acceptors (Lipinski definition) is 6. The number of phosphoric acid groups is 1. The molecule has 0 aliphatic rings. The third-order valence-electron chi connectivity index (χ3n) is 5.30. The highest BCUT2D eigenvalue weighted by atomic mass is 31.2. The molecular weight excluding hydrogens is 519 g/mol. The number of unbranched alkanes of at least 4 members (excludes halogenated alkanes) is 4. The van der Waals surface area contributed by atoms with Crippen LogP contribution in [0.25, 0.3) is 0 Å². The highest BCUT2D eigenvalue weighted by Crippen LogP contribution is 2.35. The average Bonchev–Trinajstić information content (AvgIpc) is 2.89. The Morgan fingerprint density at radius 1 is 0.692 bits per heavy atom. The summed E-state index contributed by atoms with van der Waals surface area (Å²) in [5.74, 6) is -0.974. The van der Waals surface area contributed by atoms with Crippen molar-refractivity contribution in [1.82, 2.24) is 0 Å². The molecule has 0 aliphatic carbocycles. The Labute approximate surface area is 235 Å². The van der Waals surface area contributed by atoms with Crippen LogP contribution in [0.15, 0.2) is 60.8 Å². The lowest BCUT2D eigenvalue weighted by Gasteiger charge is -2.18. The second-order valence-electron chi connectivity index (χ2n) is 8.99. The highest BCUT2D eigenvalue weighted by molar-refractivity contribution is 7.46. The molecule has 0 fully saturated rings. The van der Waals surface area contributed by atoms with E-state index in [1.54, 1.807) is 0 Å². The molecule has 1 unspecified atom stereocenters. The molecule has 0 radical (unpaired) electrons. The van der Waals surface area contributed by atoms with Gasteiger partial charge in [-0.05, 0) is 57.8 Å². The predicted octanol–water partition coefficient (Wildman–Crippen LogP) is 7.44. The lowest BCUT2D eigenvalue weighted by Crippen LogP contribution is -2.29. The van der Waals surface area contributed by atoms with Crippen LogP contribution >= 0.6 is 7.82 Å². The Morgan fingerprint density at radius 3 is 1.77 bits per heavy atom. The van der Waals surface area contributed by atoms with Crippen molar-refractivity contribution >= 4 is 19.8 Å². The van der Waals surface area contributed by atoms with Gasteiger partial charge in [-0.1, -0.05) is 87.4 Å². The van der Waals surface area contributed by atoms with Gasteiger partial charge in [0.2, 0.25) is 0 Å². The van der Waals surface area contributed by atoms with Gasteiger partial charge < -0.3 is 19.3 Å². The van der Waals surface area contributed by atoms with Crippen LogP contribution in [-0.4, -0.2) is 41.0 Å². The van der Waals surface area contributed by atoms with Gasteiger partial charge in [0.25, 0.3) is 0 Å². The Balaban J connectivity index is 4.00. The molecule has 0 aromatic carbocycles. The summed E-state index contributed by atoms with van der Waals surface area (Å²) in [6, 6.07) is 0. The maximum atomic E-state index is 12.1. The van der Waals surface area contributed by atoms with Crippen molar-refractivity contribution in [3.63, 3.8) is 0 Å². The monoisotopic (exact) mass is 568 g/mol. The fourth-order valence-corrected chi connectivity index (χ4v) is 3.56. The number of esters is 2. The lowest BCUT2D eigenvalue weighted by molar-refractivity contribution is -0.161. The van der Waals surface area contributed by atoms with Gasteiger partial charge in [0.1, 0.15) is 6.61 Å². The minimum absolute atomic E-state index is 0.169. The van der Waals surface area contributed by atoms with Crippen molar-refractivity contribution in [2.24, 2.45) is 0 Å². The molecule has 0 aromatic rings. The molecule has 0 rings (SSSR count). The molecule has 0 amide bonds. The van der Waals surface area contributed by atoms with Crippen LogP contribution in [0.1, 0.15) is 97.3 Å². The summed E-state index contributed by atoms with van der Waals surface area (Å²) in [6.07, 6.45) is 30.7. The van der Waals surface area contributed by atoms with E-state index in [0.717, 1.165) is 57.8 Å². The number of carbonyl (C=O) groups excluding carboxylic acids is 2. The number of rotatable bonds is 24. The Hall–Kier alpha value is -2.25. The van der Waals surface area contributed by atoms with E-state index < -0.39 is 32.5 Å². The van der Waals surface area contributed by atoms with E-state index in [4.69, 9.17) is 19.3 Å². The minimum Gasteiger partial charge on any atom is -0.462 e. The zero-order valence-electron chi connectivity index (χ0n) is 23.7. The molecule has 0 saturated heterocycles. The smallest absolute Gasteiger partial charge is 0.462 e. The number of allylic oxidation sites excluding steroid dienone is 10. The summed E-state index contributed by atoms with van der Waals surface area (Å²) >= 11 is 0. The van der Waals surface area contributed by atoms with Gasteiger partial charge in [-0.2, -0.15) is 0 Å². The standard InChI is InChI=1S/C30H49O8P/c1-3-5-7-8-9-10-11-12-13-14-15-16-17-18-19-20-21-22-23-25-30(32)38-28(27-37-39(33,34)35)26-36-29(31)24-6-4-2/h5,7,9-10,12-13,15-16,18-19,28H,3-4,6,8,11,14,17,20-27H2,1-2H3,(H2,33,34,35)/b7-5-,10-9-,13-12-,16-15-,19-18-. The topological polar surface area (TPSA) is 119 Å². The second kappa shape index (κ2) is 26.0. The molecule has 0 spiro atoms. The molecule has 0 bridgehead atoms. The zero-order chi connectivity index (χ0) is 29.0. The fourth-order valence-electron chi connectivity index (χ4n) is 3.20. The summed E-state index contributed by atoms with van der Waals surface area (Å²) in [7, 11) is -4.73. The number of carbonyl (C=O) groups is 2. The van der Waals surface area contributed by atoms with Gasteiger partial charge in [-0.25, -0.2) is 4.57 Å². The molecular formula is C30H49O8P. The normalized spacial score (nSPS) is 13.4. The molecule has 222 valence electrons. The first-order chi connectivity index (χ1) is 18.8. The van der Waals surface area contributed by atoms with Gasteiger partial charge in [0, 0.05) is 12.8 Å². The summed E-state index contributed by atoms with van der Waals surface area (Å²) in [5, 5.41) is 0. The molecule has 1 atom stereocenters. The van der Waals surface area contributed by atoms with Crippen LogP contribution in [0.3, 0.4) is 0 Å². The van der Waals surface area contributed by atoms with Crippen molar-refractivity contribution in [2.75, 3.05) is 13.2 Å². The van der Waals surface area contributed by atoms with Crippen molar-refractivity contribution in [3.8, 4) is 0 Å². The maximum absolute atomic E-state index is 12.1. The molecule has 9 heteroatoms. The van der Waals surface area contributed by atoms with Gasteiger partial charge in [0.05, 0.1) is 6.61 Å².